The van der Waals surface area contributed by atoms with Gasteiger partial charge in [0.05, 0.1) is 6.10 Å². The van der Waals surface area contributed by atoms with Crippen molar-refractivity contribution >= 4 is 16.8 Å². The number of carbonyl (C=O) groups is 1. The molecule has 23 heavy (non-hydrogen) atoms. The molecule has 3 rings (SSSR count). The number of hydrogen-bond donors (Lipinski definition) is 2. The van der Waals surface area contributed by atoms with Crippen LogP contribution in [-0.2, 0) is 0 Å². The van der Waals surface area contributed by atoms with Gasteiger partial charge in [0, 0.05) is 30.4 Å². The van der Waals surface area contributed by atoms with E-state index < -0.39 is 0 Å². The third-order valence-electron chi connectivity index (χ3n) is 5.04. The molecule has 0 saturated heterocycles. The van der Waals surface area contributed by atoms with Gasteiger partial charge in [0.1, 0.15) is 5.69 Å². The van der Waals surface area contributed by atoms with Crippen molar-refractivity contribution in [2.75, 3.05) is 13.6 Å². The van der Waals surface area contributed by atoms with Crippen LogP contribution in [-0.4, -0.2) is 40.6 Å². The van der Waals surface area contributed by atoms with Gasteiger partial charge in [0.25, 0.3) is 5.91 Å². The van der Waals surface area contributed by atoms with Crippen molar-refractivity contribution in [2.24, 2.45) is 5.92 Å². The van der Waals surface area contributed by atoms with E-state index in [1.165, 1.54) is 11.1 Å². The molecule has 1 heterocycles. The second kappa shape index (κ2) is 6.36. The molecule has 1 amide bonds. The third kappa shape index (κ3) is 3.27. The second-order valence-electron chi connectivity index (χ2n) is 7.02. The van der Waals surface area contributed by atoms with E-state index in [9.17, 15) is 9.90 Å². The molecule has 1 aliphatic rings. The molecule has 0 spiro atoms. The Morgan fingerprint density at radius 3 is 2.74 bits per heavy atom. The predicted octanol–water partition coefficient (Wildman–Crippen LogP) is 3.41. The quantitative estimate of drug-likeness (QED) is 0.912. The highest BCUT2D eigenvalue weighted by Crippen LogP contribution is 2.26. The number of carbonyl (C=O) groups excluding carboxylic acids is 1. The van der Waals surface area contributed by atoms with Crippen LogP contribution in [0.5, 0.6) is 0 Å². The van der Waals surface area contributed by atoms with E-state index in [-0.39, 0.29) is 17.9 Å². The molecule has 0 aliphatic heterocycles. The van der Waals surface area contributed by atoms with E-state index in [1.807, 2.05) is 13.1 Å². The summed E-state index contributed by atoms with van der Waals surface area (Å²) in [4.78, 5) is 17.7. The van der Waals surface area contributed by atoms with Crippen LogP contribution < -0.4 is 0 Å². The molecule has 2 aromatic rings. The topological polar surface area (TPSA) is 56.3 Å². The fourth-order valence-electron chi connectivity index (χ4n) is 3.76. The Morgan fingerprint density at radius 2 is 2.00 bits per heavy atom. The van der Waals surface area contributed by atoms with Crippen molar-refractivity contribution in [3.63, 3.8) is 0 Å². The molecule has 1 aliphatic carbocycles. The molecule has 0 bridgehead atoms. The number of nitrogens with one attached hydrogen (secondary N) is 1. The first-order valence-corrected chi connectivity index (χ1v) is 8.49. The van der Waals surface area contributed by atoms with Gasteiger partial charge < -0.3 is 15.0 Å². The van der Waals surface area contributed by atoms with E-state index in [2.05, 4.69) is 31.0 Å². The molecule has 2 atom stereocenters. The second-order valence-corrected chi connectivity index (χ2v) is 7.02. The smallest absolute Gasteiger partial charge is 0.270 e. The van der Waals surface area contributed by atoms with Gasteiger partial charge in [-0.1, -0.05) is 18.9 Å². The van der Waals surface area contributed by atoms with Crippen molar-refractivity contribution < 1.29 is 9.90 Å². The molecule has 1 saturated carbocycles. The minimum atomic E-state index is -0.272. The normalized spacial score (nSPS) is 21.6. The number of H-pyrrole nitrogens is 1. The Bertz CT molecular complexity index is 719. The van der Waals surface area contributed by atoms with Gasteiger partial charge >= 0.3 is 0 Å². The maximum absolute atomic E-state index is 12.7. The fourth-order valence-corrected chi connectivity index (χ4v) is 3.76. The maximum atomic E-state index is 12.7. The molecular weight excluding hydrogens is 288 g/mol. The van der Waals surface area contributed by atoms with Crippen LogP contribution in [0.4, 0.5) is 0 Å². The monoisotopic (exact) mass is 314 g/mol. The SMILES string of the molecule is Cc1cc(C)c2cc(C(=O)N(C)CC3CCCCC3O)[nH]c2c1. The van der Waals surface area contributed by atoms with E-state index in [1.54, 1.807) is 4.90 Å². The van der Waals surface area contributed by atoms with Crippen molar-refractivity contribution in [3.8, 4) is 0 Å². The number of nitrogens with zero attached hydrogens (tertiary/aromatic N) is 1. The van der Waals surface area contributed by atoms with Gasteiger partial charge in [0.15, 0.2) is 0 Å². The van der Waals surface area contributed by atoms with Gasteiger partial charge in [-0.3, -0.25) is 4.79 Å². The fraction of sp³-hybridized carbons (Fsp3) is 0.526. The summed E-state index contributed by atoms with van der Waals surface area (Å²) in [7, 11) is 1.83. The van der Waals surface area contributed by atoms with Gasteiger partial charge in [-0.15, -0.1) is 0 Å². The van der Waals surface area contributed by atoms with Crippen LogP contribution in [0.1, 0.15) is 47.3 Å². The number of aliphatic hydroxyl groups is 1. The van der Waals surface area contributed by atoms with Crippen LogP contribution >= 0.6 is 0 Å². The van der Waals surface area contributed by atoms with E-state index in [0.717, 1.165) is 36.6 Å². The van der Waals surface area contributed by atoms with Crippen LogP contribution in [0.15, 0.2) is 18.2 Å². The number of fused-ring (bicyclic) bond motifs is 1. The number of hydrogen-bond acceptors (Lipinski definition) is 2. The van der Waals surface area contributed by atoms with Crippen LogP contribution in [0.25, 0.3) is 10.9 Å². The Kier molecular flexibility index (Phi) is 4.44. The highest BCUT2D eigenvalue weighted by Gasteiger charge is 2.26. The Balaban J connectivity index is 1.78. The molecule has 2 N–H and O–H groups in total. The predicted molar refractivity (Wildman–Crippen MR) is 92.7 cm³/mol. The Labute approximate surface area is 137 Å². The number of rotatable bonds is 3. The maximum Gasteiger partial charge on any atom is 0.270 e. The molecule has 0 radical (unpaired) electrons. The van der Waals surface area contributed by atoms with E-state index in [0.29, 0.717) is 12.2 Å². The lowest BCUT2D eigenvalue weighted by Gasteiger charge is -2.31. The van der Waals surface area contributed by atoms with Crippen LogP contribution in [0, 0.1) is 19.8 Å². The molecular formula is C19H26N2O2. The van der Waals surface area contributed by atoms with E-state index in [4.69, 9.17) is 0 Å². The van der Waals surface area contributed by atoms with Gasteiger partial charge in [-0.25, -0.2) is 0 Å². The average Bonchev–Trinajstić information content (AvgIpc) is 2.93. The first-order chi connectivity index (χ1) is 11.0. The lowest BCUT2D eigenvalue weighted by atomic mass is 9.86. The van der Waals surface area contributed by atoms with Gasteiger partial charge in [-0.05, 0) is 49.9 Å². The van der Waals surface area contributed by atoms with Crippen LogP contribution in [0.3, 0.4) is 0 Å². The first kappa shape index (κ1) is 16.1. The Hall–Kier alpha value is -1.81. The van der Waals surface area contributed by atoms with Crippen molar-refractivity contribution in [2.45, 2.75) is 45.6 Å². The highest BCUT2D eigenvalue weighted by molar-refractivity contribution is 5.98. The van der Waals surface area contributed by atoms with Gasteiger partial charge in [0.2, 0.25) is 0 Å². The molecule has 4 heteroatoms. The summed E-state index contributed by atoms with van der Waals surface area (Å²) in [5.41, 5.74) is 4.01. The number of benzene rings is 1. The summed E-state index contributed by atoms with van der Waals surface area (Å²) in [6, 6.07) is 6.15. The molecule has 4 nitrogen and oxygen atoms in total. The molecule has 1 aromatic heterocycles. The van der Waals surface area contributed by atoms with Crippen molar-refractivity contribution in [3.05, 3.63) is 35.0 Å². The molecule has 1 fully saturated rings. The zero-order valence-electron chi connectivity index (χ0n) is 14.2. The summed E-state index contributed by atoms with van der Waals surface area (Å²) in [5, 5.41) is 11.2. The summed E-state index contributed by atoms with van der Waals surface area (Å²) in [5.74, 6) is 0.196. The summed E-state index contributed by atoms with van der Waals surface area (Å²) in [6.07, 6.45) is 3.83. The van der Waals surface area contributed by atoms with Crippen LogP contribution in [0.2, 0.25) is 0 Å². The van der Waals surface area contributed by atoms with Crippen molar-refractivity contribution in [1.82, 2.24) is 9.88 Å². The summed E-state index contributed by atoms with van der Waals surface area (Å²) in [6.45, 7) is 4.75. The highest BCUT2D eigenvalue weighted by atomic mass is 16.3. The zero-order chi connectivity index (χ0) is 16.6. The minimum Gasteiger partial charge on any atom is -0.393 e. The minimum absolute atomic E-state index is 0.00368. The van der Waals surface area contributed by atoms with Crippen molar-refractivity contribution in [1.29, 1.82) is 0 Å². The molecule has 124 valence electrons. The van der Waals surface area contributed by atoms with E-state index >= 15 is 0 Å². The lowest BCUT2D eigenvalue weighted by molar-refractivity contribution is 0.0449. The molecule has 2 unspecified atom stereocenters. The Morgan fingerprint density at radius 1 is 1.26 bits per heavy atom. The largest absolute Gasteiger partial charge is 0.393 e. The number of aryl methyl sites for hydroxylation is 2. The zero-order valence-corrected chi connectivity index (χ0v) is 14.2. The summed E-state index contributed by atoms with van der Waals surface area (Å²) < 4.78 is 0. The lowest BCUT2D eigenvalue weighted by Crippen LogP contribution is -2.38. The summed E-state index contributed by atoms with van der Waals surface area (Å²) >= 11 is 0. The number of aromatic nitrogens is 1. The number of amides is 1. The average molecular weight is 314 g/mol. The first-order valence-electron chi connectivity index (χ1n) is 8.49. The molecule has 1 aromatic carbocycles. The number of aliphatic hydroxyl groups excluding tert-OH is 1. The standard InChI is InChI=1S/C19H26N2O2/c1-12-8-13(2)15-10-17(20-16(15)9-12)19(23)21(3)11-14-6-4-5-7-18(14)22/h8-10,14,18,20,22H,4-7,11H2,1-3H3. The van der Waals surface area contributed by atoms with Gasteiger partial charge in [-0.2, -0.15) is 0 Å². The third-order valence-corrected chi connectivity index (χ3v) is 5.04. The number of aromatic amines is 1.